The van der Waals surface area contributed by atoms with Crippen molar-refractivity contribution in [2.24, 2.45) is 0 Å². The smallest absolute Gasteiger partial charge is 0.312 e. The third kappa shape index (κ3) is 2.82. The lowest BCUT2D eigenvalue weighted by molar-refractivity contribution is -0.140. The summed E-state index contributed by atoms with van der Waals surface area (Å²) in [6.07, 6.45) is 1.17. The molecule has 0 aliphatic rings. The number of hydrogen-bond acceptors (Lipinski definition) is 3. The fourth-order valence-corrected chi connectivity index (χ4v) is 1.70. The van der Waals surface area contributed by atoms with Crippen LogP contribution in [0.1, 0.15) is 12.0 Å². The van der Waals surface area contributed by atoms with Crippen LogP contribution in [0.5, 0.6) is 0 Å². The van der Waals surface area contributed by atoms with E-state index in [0.717, 1.165) is 16.5 Å². The molecule has 0 fully saturated rings. The Hall–Kier alpha value is -2.43. The number of carboxylic acid groups (broad SMARTS) is 1. The first-order valence-corrected chi connectivity index (χ1v) is 5.48. The van der Waals surface area contributed by atoms with Gasteiger partial charge in [-0.05, 0) is 11.6 Å². The van der Waals surface area contributed by atoms with E-state index in [1.807, 2.05) is 30.3 Å². The van der Waals surface area contributed by atoms with Crippen molar-refractivity contribution >= 4 is 22.8 Å². The van der Waals surface area contributed by atoms with Gasteiger partial charge >= 0.3 is 5.97 Å². The number of carbonyl (C=O) groups is 2. The van der Waals surface area contributed by atoms with Gasteiger partial charge in [0.25, 0.3) is 0 Å². The van der Waals surface area contributed by atoms with Crippen LogP contribution in [0, 0.1) is 0 Å². The van der Waals surface area contributed by atoms with Crippen molar-refractivity contribution in [2.45, 2.75) is 13.0 Å². The molecule has 5 nitrogen and oxygen atoms in total. The highest BCUT2D eigenvalue weighted by molar-refractivity contribution is 5.93. The Labute approximate surface area is 103 Å². The number of benzene rings is 1. The molecule has 0 unspecified atom stereocenters. The van der Waals surface area contributed by atoms with E-state index in [4.69, 9.17) is 5.11 Å². The Morgan fingerprint density at radius 2 is 2.00 bits per heavy atom. The number of carboxylic acids is 1. The first kappa shape index (κ1) is 12.0. The van der Waals surface area contributed by atoms with Gasteiger partial charge in [0.2, 0.25) is 5.91 Å². The Kier molecular flexibility index (Phi) is 3.52. The molecule has 0 bridgehead atoms. The topological polar surface area (TPSA) is 79.3 Å². The molecule has 1 heterocycles. The second-order valence-electron chi connectivity index (χ2n) is 3.84. The monoisotopic (exact) mass is 244 g/mol. The lowest BCUT2D eigenvalue weighted by atomic mass is 10.1. The summed E-state index contributed by atoms with van der Waals surface area (Å²) in [6, 6.07) is 9.45. The summed E-state index contributed by atoms with van der Waals surface area (Å²) in [4.78, 5) is 25.9. The van der Waals surface area contributed by atoms with E-state index in [0.29, 0.717) is 0 Å². The highest BCUT2D eigenvalue weighted by Crippen LogP contribution is 2.15. The number of rotatable bonds is 4. The third-order valence-corrected chi connectivity index (χ3v) is 2.50. The van der Waals surface area contributed by atoms with Crippen molar-refractivity contribution in [2.75, 3.05) is 0 Å². The van der Waals surface area contributed by atoms with Crippen LogP contribution in [-0.4, -0.2) is 22.0 Å². The lowest BCUT2D eigenvalue weighted by Gasteiger charge is -2.06. The summed E-state index contributed by atoms with van der Waals surface area (Å²) in [5.74, 6) is -1.64. The van der Waals surface area contributed by atoms with Gasteiger partial charge in [0.1, 0.15) is 6.42 Å². The van der Waals surface area contributed by atoms with E-state index < -0.39 is 18.3 Å². The van der Waals surface area contributed by atoms with Crippen molar-refractivity contribution in [3.8, 4) is 0 Å². The van der Waals surface area contributed by atoms with Crippen LogP contribution in [-0.2, 0) is 16.1 Å². The second kappa shape index (κ2) is 5.27. The molecule has 18 heavy (non-hydrogen) atoms. The van der Waals surface area contributed by atoms with Crippen LogP contribution in [0.2, 0.25) is 0 Å². The van der Waals surface area contributed by atoms with E-state index in [1.165, 1.54) is 0 Å². The number of aromatic nitrogens is 1. The Bertz CT molecular complexity index is 590. The molecule has 2 aromatic rings. The normalized spacial score (nSPS) is 10.2. The molecule has 2 rings (SSSR count). The molecule has 1 amide bonds. The van der Waals surface area contributed by atoms with E-state index in [9.17, 15) is 9.59 Å². The van der Waals surface area contributed by atoms with Crippen LogP contribution < -0.4 is 5.32 Å². The molecule has 1 aromatic heterocycles. The van der Waals surface area contributed by atoms with Gasteiger partial charge in [-0.1, -0.05) is 24.3 Å². The number of carbonyl (C=O) groups excluding carboxylic acids is 1. The molecule has 0 aliphatic heterocycles. The van der Waals surface area contributed by atoms with Crippen molar-refractivity contribution in [1.82, 2.24) is 10.3 Å². The highest BCUT2D eigenvalue weighted by Gasteiger charge is 2.08. The first-order chi connectivity index (χ1) is 8.66. The lowest BCUT2D eigenvalue weighted by Crippen LogP contribution is -2.25. The number of hydrogen-bond donors (Lipinski definition) is 2. The van der Waals surface area contributed by atoms with Crippen molar-refractivity contribution in [3.63, 3.8) is 0 Å². The molecule has 0 saturated carbocycles. The number of nitrogens with one attached hydrogen (secondary N) is 1. The predicted octanol–water partition coefficient (Wildman–Crippen LogP) is 1.33. The molecular weight excluding hydrogens is 232 g/mol. The maximum absolute atomic E-state index is 11.3. The number of pyridine rings is 1. The maximum Gasteiger partial charge on any atom is 0.312 e. The SMILES string of the molecule is O=C(O)CC(=O)NCc1cccc2cccnc12. The van der Waals surface area contributed by atoms with Crippen molar-refractivity contribution in [3.05, 3.63) is 42.1 Å². The summed E-state index contributed by atoms with van der Waals surface area (Å²) in [6.45, 7) is 0.278. The third-order valence-electron chi connectivity index (χ3n) is 2.50. The predicted molar refractivity (Wildman–Crippen MR) is 65.8 cm³/mol. The molecule has 0 aliphatic carbocycles. The van der Waals surface area contributed by atoms with Crippen LogP contribution in [0.15, 0.2) is 36.5 Å². The molecule has 0 spiro atoms. The van der Waals surface area contributed by atoms with Gasteiger partial charge in [-0.3, -0.25) is 14.6 Å². The summed E-state index contributed by atoms with van der Waals surface area (Å²) >= 11 is 0. The minimum absolute atomic E-state index is 0.278. The minimum atomic E-state index is -1.14. The molecule has 0 radical (unpaired) electrons. The van der Waals surface area contributed by atoms with Crippen LogP contribution >= 0.6 is 0 Å². The van der Waals surface area contributed by atoms with Crippen molar-refractivity contribution < 1.29 is 14.7 Å². The molecule has 1 aromatic carbocycles. The zero-order valence-electron chi connectivity index (χ0n) is 9.59. The van der Waals surface area contributed by atoms with Gasteiger partial charge in [0, 0.05) is 18.1 Å². The van der Waals surface area contributed by atoms with Crippen molar-refractivity contribution in [1.29, 1.82) is 0 Å². The largest absolute Gasteiger partial charge is 0.481 e. The zero-order valence-corrected chi connectivity index (χ0v) is 9.59. The molecular formula is C13H12N2O3. The maximum atomic E-state index is 11.3. The van der Waals surface area contributed by atoms with Gasteiger partial charge in [0.15, 0.2) is 0 Å². The Morgan fingerprint density at radius 3 is 2.78 bits per heavy atom. The number of para-hydroxylation sites is 1. The summed E-state index contributed by atoms with van der Waals surface area (Å²) in [5.41, 5.74) is 1.68. The van der Waals surface area contributed by atoms with Crippen LogP contribution in [0.25, 0.3) is 10.9 Å². The summed E-state index contributed by atoms with van der Waals surface area (Å²) < 4.78 is 0. The molecule has 92 valence electrons. The van der Waals surface area contributed by atoms with E-state index in [1.54, 1.807) is 6.20 Å². The fourth-order valence-electron chi connectivity index (χ4n) is 1.70. The Balaban J connectivity index is 2.12. The van der Waals surface area contributed by atoms with Gasteiger partial charge in [-0.2, -0.15) is 0 Å². The summed E-state index contributed by atoms with van der Waals surface area (Å²) in [7, 11) is 0. The Morgan fingerprint density at radius 1 is 1.22 bits per heavy atom. The quantitative estimate of drug-likeness (QED) is 0.795. The number of fused-ring (bicyclic) bond motifs is 1. The molecule has 0 atom stereocenters. The summed E-state index contributed by atoms with van der Waals surface area (Å²) in [5, 5.41) is 12.0. The second-order valence-corrected chi connectivity index (χ2v) is 3.84. The molecule has 0 saturated heterocycles. The van der Waals surface area contributed by atoms with Gasteiger partial charge < -0.3 is 10.4 Å². The average Bonchev–Trinajstić information content (AvgIpc) is 2.35. The van der Waals surface area contributed by atoms with Crippen LogP contribution in [0.3, 0.4) is 0 Å². The van der Waals surface area contributed by atoms with E-state index in [-0.39, 0.29) is 6.54 Å². The average molecular weight is 244 g/mol. The number of aliphatic carboxylic acids is 1. The first-order valence-electron chi connectivity index (χ1n) is 5.48. The zero-order chi connectivity index (χ0) is 13.0. The van der Waals surface area contributed by atoms with Gasteiger partial charge in [0.05, 0.1) is 5.52 Å². The van der Waals surface area contributed by atoms with Gasteiger partial charge in [-0.25, -0.2) is 0 Å². The van der Waals surface area contributed by atoms with E-state index in [2.05, 4.69) is 10.3 Å². The van der Waals surface area contributed by atoms with E-state index >= 15 is 0 Å². The standard InChI is InChI=1S/C13H12N2O3/c16-11(7-12(17)18)15-8-10-4-1-3-9-5-2-6-14-13(9)10/h1-6H,7-8H2,(H,15,16)(H,17,18). The minimum Gasteiger partial charge on any atom is -0.481 e. The number of nitrogens with zero attached hydrogens (tertiary/aromatic N) is 1. The molecule has 2 N–H and O–H groups in total. The van der Waals surface area contributed by atoms with Crippen LogP contribution in [0.4, 0.5) is 0 Å². The number of amides is 1. The highest BCUT2D eigenvalue weighted by atomic mass is 16.4. The van der Waals surface area contributed by atoms with Gasteiger partial charge in [-0.15, -0.1) is 0 Å². The molecule has 5 heteroatoms. The fraction of sp³-hybridized carbons (Fsp3) is 0.154.